The van der Waals surface area contributed by atoms with Crippen LogP contribution in [0.1, 0.15) is 88.7 Å². The summed E-state index contributed by atoms with van der Waals surface area (Å²) in [4.78, 5) is 0. The molecule has 1 heteroatoms. The standard InChI is InChI=1S/C30H39N/c1-2-3-23-6-14-27(15-7-23)28-16-8-24(9-17-28)4-5-25-10-18-29(19-11-25)30-20-12-26(22-31)13-21-30/h10-13,18-21,23-24,27-28H,2-9,14-17H2,1H3/t23-,24-,27-,28-. The molecule has 2 aliphatic rings. The normalized spacial score (nSPS) is 26.3. The topological polar surface area (TPSA) is 23.8 Å². The molecule has 31 heavy (non-hydrogen) atoms. The van der Waals surface area contributed by atoms with Gasteiger partial charge < -0.3 is 0 Å². The van der Waals surface area contributed by atoms with E-state index in [4.69, 9.17) is 5.26 Å². The van der Waals surface area contributed by atoms with Crippen LogP contribution in [0.3, 0.4) is 0 Å². The largest absolute Gasteiger partial charge is 0.192 e. The lowest BCUT2D eigenvalue weighted by Crippen LogP contribution is -2.26. The Morgan fingerprint density at radius 1 is 0.677 bits per heavy atom. The molecule has 0 bridgehead atoms. The average molecular weight is 414 g/mol. The molecule has 0 heterocycles. The van der Waals surface area contributed by atoms with Crippen molar-refractivity contribution in [3.8, 4) is 17.2 Å². The molecule has 2 aromatic rings. The molecular weight excluding hydrogens is 374 g/mol. The van der Waals surface area contributed by atoms with Crippen molar-refractivity contribution >= 4 is 0 Å². The monoisotopic (exact) mass is 413 g/mol. The SMILES string of the molecule is CCC[C@H]1CC[C@H]([C@H]2CC[C@H](CCc3ccc(-c4ccc(C#N)cc4)cc3)CC2)CC1. The summed E-state index contributed by atoms with van der Waals surface area (Å²) in [6, 6.07) is 19.2. The summed E-state index contributed by atoms with van der Waals surface area (Å²) in [6.07, 6.45) is 17.4. The second kappa shape index (κ2) is 11.0. The van der Waals surface area contributed by atoms with Crippen molar-refractivity contribution in [3.05, 3.63) is 59.7 Å². The van der Waals surface area contributed by atoms with E-state index in [-0.39, 0.29) is 0 Å². The maximum absolute atomic E-state index is 8.96. The van der Waals surface area contributed by atoms with Crippen LogP contribution in [0.5, 0.6) is 0 Å². The highest BCUT2D eigenvalue weighted by molar-refractivity contribution is 5.64. The Balaban J connectivity index is 1.20. The van der Waals surface area contributed by atoms with E-state index in [1.54, 1.807) is 0 Å². The summed E-state index contributed by atoms with van der Waals surface area (Å²) in [7, 11) is 0. The van der Waals surface area contributed by atoms with Gasteiger partial charge in [-0.1, -0.05) is 81.8 Å². The summed E-state index contributed by atoms with van der Waals surface area (Å²) in [5.74, 6) is 4.06. The van der Waals surface area contributed by atoms with Crippen LogP contribution in [0.15, 0.2) is 48.5 Å². The van der Waals surface area contributed by atoms with Gasteiger partial charge in [-0.05, 0) is 91.0 Å². The van der Waals surface area contributed by atoms with Crippen molar-refractivity contribution in [2.45, 2.75) is 84.0 Å². The molecule has 0 spiro atoms. The molecule has 0 atom stereocenters. The van der Waals surface area contributed by atoms with E-state index in [1.807, 2.05) is 24.3 Å². The first-order valence-corrected chi connectivity index (χ1v) is 12.8. The number of benzene rings is 2. The van der Waals surface area contributed by atoms with Gasteiger partial charge in [0, 0.05) is 0 Å². The Hall–Kier alpha value is -2.07. The van der Waals surface area contributed by atoms with Crippen LogP contribution < -0.4 is 0 Å². The highest BCUT2D eigenvalue weighted by atomic mass is 14.4. The summed E-state index contributed by atoms with van der Waals surface area (Å²) in [5.41, 5.74) is 4.61. The van der Waals surface area contributed by atoms with E-state index in [9.17, 15) is 0 Å². The van der Waals surface area contributed by atoms with Crippen molar-refractivity contribution in [1.82, 2.24) is 0 Å². The third kappa shape index (κ3) is 6.00. The highest BCUT2D eigenvalue weighted by Gasteiger charge is 2.30. The van der Waals surface area contributed by atoms with Gasteiger partial charge in [-0.3, -0.25) is 0 Å². The summed E-state index contributed by atoms with van der Waals surface area (Å²) in [6.45, 7) is 2.34. The van der Waals surface area contributed by atoms with Gasteiger partial charge in [0.2, 0.25) is 0 Å². The van der Waals surface area contributed by atoms with Gasteiger partial charge >= 0.3 is 0 Å². The molecule has 0 unspecified atom stereocenters. The van der Waals surface area contributed by atoms with Gasteiger partial charge in [0.25, 0.3) is 0 Å². The lowest BCUT2D eigenvalue weighted by atomic mass is 9.68. The molecule has 2 aliphatic carbocycles. The Bertz CT molecular complexity index is 825. The van der Waals surface area contributed by atoms with Crippen LogP contribution in [0.2, 0.25) is 0 Å². The molecule has 0 aliphatic heterocycles. The number of nitriles is 1. The Morgan fingerprint density at radius 3 is 1.65 bits per heavy atom. The number of rotatable bonds is 7. The van der Waals surface area contributed by atoms with Gasteiger partial charge in [0.15, 0.2) is 0 Å². The molecule has 2 saturated carbocycles. The summed E-state index contributed by atoms with van der Waals surface area (Å²) in [5, 5.41) is 8.96. The zero-order valence-electron chi connectivity index (χ0n) is 19.4. The van der Waals surface area contributed by atoms with Gasteiger partial charge in [-0.15, -0.1) is 0 Å². The summed E-state index contributed by atoms with van der Waals surface area (Å²) >= 11 is 0. The maximum Gasteiger partial charge on any atom is 0.0991 e. The van der Waals surface area contributed by atoms with E-state index >= 15 is 0 Å². The van der Waals surface area contributed by atoms with Crippen LogP contribution in [0.25, 0.3) is 11.1 Å². The second-order valence-corrected chi connectivity index (χ2v) is 10.3. The minimum absolute atomic E-state index is 0.722. The molecule has 164 valence electrons. The van der Waals surface area contributed by atoms with Crippen LogP contribution in [-0.2, 0) is 6.42 Å². The molecule has 4 rings (SSSR count). The molecule has 0 amide bonds. The minimum Gasteiger partial charge on any atom is -0.192 e. The molecule has 1 nitrogen and oxygen atoms in total. The fourth-order valence-electron chi connectivity index (χ4n) is 6.28. The number of aryl methyl sites for hydroxylation is 1. The van der Waals surface area contributed by atoms with Crippen LogP contribution in [0, 0.1) is 35.0 Å². The van der Waals surface area contributed by atoms with Gasteiger partial charge in [0.1, 0.15) is 0 Å². The molecule has 0 saturated heterocycles. The fraction of sp³-hybridized carbons (Fsp3) is 0.567. The van der Waals surface area contributed by atoms with Crippen molar-refractivity contribution < 1.29 is 0 Å². The van der Waals surface area contributed by atoms with Crippen molar-refractivity contribution in [2.75, 3.05) is 0 Å². The minimum atomic E-state index is 0.722. The van der Waals surface area contributed by atoms with E-state index in [2.05, 4.69) is 37.3 Å². The number of hydrogen-bond acceptors (Lipinski definition) is 1. The lowest BCUT2D eigenvalue weighted by Gasteiger charge is -2.38. The van der Waals surface area contributed by atoms with Crippen molar-refractivity contribution in [1.29, 1.82) is 5.26 Å². The Kier molecular flexibility index (Phi) is 7.85. The number of hydrogen-bond donors (Lipinski definition) is 0. The predicted molar refractivity (Wildman–Crippen MR) is 131 cm³/mol. The molecule has 0 radical (unpaired) electrons. The zero-order valence-corrected chi connectivity index (χ0v) is 19.4. The second-order valence-electron chi connectivity index (χ2n) is 10.3. The first-order valence-electron chi connectivity index (χ1n) is 12.8. The summed E-state index contributed by atoms with van der Waals surface area (Å²) < 4.78 is 0. The van der Waals surface area contributed by atoms with Crippen molar-refractivity contribution in [3.63, 3.8) is 0 Å². The van der Waals surface area contributed by atoms with Crippen LogP contribution in [0.4, 0.5) is 0 Å². The third-order valence-corrected chi connectivity index (χ3v) is 8.29. The predicted octanol–water partition coefficient (Wildman–Crippen LogP) is 8.57. The lowest BCUT2D eigenvalue weighted by molar-refractivity contribution is 0.141. The first kappa shape index (κ1) is 22.1. The van der Waals surface area contributed by atoms with E-state index in [0.29, 0.717) is 0 Å². The smallest absolute Gasteiger partial charge is 0.0991 e. The average Bonchev–Trinajstić information content (AvgIpc) is 2.84. The first-order chi connectivity index (χ1) is 15.2. The van der Waals surface area contributed by atoms with Gasteiger partial charge in [-0.2, -0.15) is 5.26 Å². The van der Waals surface area contributed by atoms with Crippen molar-refractivity contribution in [2.24, 2.45) is 23.7 Å². The molecule has 0 N–H and O–H groups in total. The van der Waals surface area contributed by atoms with Gasteiger partial charge in [-0.25, -0.2) is 0 Å². The Morgan fingerprint density at radius 2 is 1.16 bits per heavy atom. The zero-order chi connectivity index (χ0) is 21.5. The number of nitrogens with zero attached hydrogens (tertiary/aromatic N) is 1. The maximum atomic E-state index is 8.96. The quantitative estimate of drug-likeness (QED) is 0.446. The van der Waals surface area contributed by atoms with Crippen LogP contribution >= 0.6 is 0 Å². The fourth-order valence-corrected chi connectivity index (χ4v) is 6.28. The van der Waals surface area contributed by atoms with Gasteiger partial charge in [0.05, 0.1) is 11.6 Å². The molecule has 2 aromatic carbocycles. The van der Waals surface area contributed by atoms with E-state index < -0.39 is 0 Å². The van der Waals surface area contributed by atoms with Crippen LogP contribution in [-0.4, -0.2) is 0 Å². The molecular formula is C30H39N. The molecule has 2 fully saturated rings. The van der Waals surface area contributed by atoms with E-state index in [1.165, 1.54) is 93.7 Å². The Labute approximate surface area is 189 Å². The highest BCUT2D eigenvalue weighted by Crippen LogP contribution is 2.43. The van der Waals surface area contributed by atoms with E-state index in [0.717, 1.165) is 29.2 Å². The molecule has 0 aromatic heterocycles. The third-order valence-electron chi connectivity index (χ3n) is 8.29.